The number of halogens is 1. The Morgan fingerprint density at radius 3 is 2.78 bits per heavy atom. The zero-order valence-electron chi connectivity index (χ0n) is 9.77. The first-order chi connectivity index (χ1) is 8.78. The molecule has 3 rings (SSSR count). The van der Waals surface area contributed by atoms with Crippen molar-refractivity contribution in [3.63, 3.8) is 0 Å². The minimum absolute atomic E-state index is 0.725. The molecule has 1 heterocycles. The summed E-state index contributed by atoms with van der Waals surface area (Å²) in [4.78, 5) is 4.65. The van der Waals surface area contributed by atoms with Crippen molar-refractivity contribution in [2.75, 3.05) is 12.4 Å². The van der Waals surface area contributed by atoms with Crippen LogP contribution in [0.5, 0.6) is 0 Å². The highest BCUT2D eigenvalue weighted by molar-refractivity contribution is 7.21. The number of thiazole rings is 1. The number of benzene rings is 2. The molecule has 2 aromatic carbocycles. The van der Waals surface area contributed by atoms with Crippen LogP contribution in [0.3, 0.4) is 0 Å². The third-order valence-electron chi connectivity index (χ3n) is 2.78. The van der Waals surface area contributed by atoms with Crippen LogP contribution in [-0.4, -0.2) is 12.0 Å². The lowest BCUT2D eigenvalue weighted by molar-refractivity contribution is 1.45. The number of rotatable bonds is 2. The van der Waals surface area contributed by atoms with Gasteiger partial charge in [-0.2, -0.15) is 0 Å². The van der Waals surface area contributed by atoms with Crippen LogP contribution in [-0.2, 0) is 0 Å². The molecule has 18 heavy (non-hydrogen) atoms. The van der Waals surface area contributed by atoms with Crippen LogP contribution in [0.15, 0.2) is 42.5 Å². The number of nitrogens with zero attached hydrogens (tertiary/aromatic N) is 1. The van der Waals surface area contributed by atoms with E-state index in [-0.39, 0.29) is 0 Å². The standard InChI is InChI=1S/C14H11ClN2S/c1-16-11-7-6-9(15)8-10(11)14-17-12-4-2-3-5-13(12)18-14/h2-8,16H,1H3. The molecule has 0 aliphatic heterocycles. The van der Waals surface area contributed by atoms with Crippen molar-refractivity contribution in [1.29, 1.82) is 0 Å². The second kappa shape index (κ2) is 4.59. The lowest BCUT2D eigenvalue weighted by Gasteiger charge is -2.06. The molecule has 0 aliphatic rings. The highest BCUT2D eigenvalue weighted by Gasteiger charge is 2.10. The molecule has 0 saturated carbocycles. The number of hydrogen-bond donors (Lipinski definition) is 1. The van der Waals surface area contributed by atoms with Gasteiger partial charge in [-0.25, -0.2) is 4.98 Å². The van der Waals surface area contributed by atoms with E-state index in [2.05, 4.69) is 16.4 Å². The molecule has 0 spiro atoms. The molecule has 1 N–H and O–H groups in total. The normalized spacial score (nSPS) is 10.8. The number of aromatic nitrogens is 1. The summed E-state index contributed by atoms with van der Waals surface area (Å²) >= 11 is 7.75. The molecule has 2 nitrogen and oxygen atoms in total. The molecule has 4 heteroatoms. The lowest BCUT2D eigenvalue weighted by atomic mass is 10.2. The van der Waals surface area contributed by atoms with Gasteiger partial charge in [-0.1, -0.05) is 23.7 Å². The summed E-state index contributed by atoms with van der Waals surface area (Å²) in [6, 6.07) is 13.9. The molecular formula is C14H11ClN2S. The van der Waals surface area contributed by atoms with Crippen LogP contribution in [0.1, 0.15) is 0 Å². The molecule has 3 aromatic rings. The molecular weight excluding hydrogens is 264 g/mol. The van der Waals surface area contributed by atoms with Crippen LogP contribution in [0.25, 0.3) is 20.8 Å². The van der Waals surface area contributed by atoms with Gasteiger partial charge in [-0.05, 0) is 30.3 Å². The predicted molar refractivity (Wildman–Crippen MR) is 79.6 cm³/mol. The minimum atomic E-state index is 0.725. The first-order valence-corrected chi connectivity index (χ1v) is 6.80. The fourth-order valence-electron chi connectivity index (χ4n) is 1.90. The average molecular weight is 275 g/mol. The molecule has 0 radical (unpaired) electrons. The summed E-state index contributed by atoms with van der Waals surface area (Å²) < 4.78 is 1.19. The minimum Gasteiger partial charge on any atom is -0.388 e. The second-order valence-corrected chi connectivity index (χ2v) is 5.39. The highest BCUT2D eigenvalue weighted by atomic mass is 35.5. The van der Waals surface area contributed by atoms with Crippen LogP contribution < -0.4 is 5.32 Å². The Hall–Kier alpha value is -1.58. The zero-order valence-corrected chi connectivity index (χ0v) is 11.3. The Morgan fingerprint density at radius 1 is 1.17 bits per heavy atom. The van der Waals surface area contributed by atoms with Crippen molar-refractivity contribution in [2.24, 2.45) is 0 Å². The van der Waals surface area contributed by atoms with Crippen molar-refractivity contribution in [1.82, 2.24) is 4.98 Å². The molecule has 90 valence electrons. The summed E-state index contributed by atoms with van der Waals surface area (Å²) in [6.07, 6.45) is 0. The maximum atomic E-state index is 6.07. The largest absolute Gasteiger partial charge is 0.388 e. The number of hydrogen-bond acceptors (Lipinski definition) is 3. The fraction of sp³-hybridized carbons (Fsp3) is 0.0714. The fourth-order valence-corrected chi connectivity index (χ4v) is 3.07. The predicted octanol–water partition coefficient (Wildman–Crippen LogP) is 4.66. The third kappa shape index (κ3) is 1.96. The second-order valence-electron chi connectivity index (χ2n) is 3.93. The number of nitrogens with one attached hydrogen (secondary N) is 1. The summed E-state index contributed by atoms with van der Waals surface area (Å²) in [5, 5.41) is 4.89. The zero-order chi connectivity index (χ0) is 12.5. The van der Waals surface area contributed by atoms with E-state index in [9.17, 15) is 0 Å². The van der Waals surface area contributed by atoms with Crippen molar-refractivity contribution in [3.8, 4) is 10.6 Å². The van der Waals surface area contributed by atoms with E-state index >= 15 is 0 Å². The van der Waals surface area contributed by atoms with E-state index in [0.717, 1.165) is 26.8 Å². The van der Waals surface area contributed by atoms with Crippen LogP contribution in [0.4, 0.5) is 5.69 Å². The summed E-state index contributed by atoms with van der Waals surface area (Å²) in [6.45, 7) is 0. The van der Waals surface area contributed by atoms with E-state index < -0.39 is 0 Å². The van der Waals surface area contributed by atoms with Gasteiger partial charge in [0.25, 0.3) is 0 Å². The van der Waals surface area contributed by atoms with Crippen molar-refractivity contribution in [2.45, 2.75) is 0 Å². The Kier molecular flexibility index (Phi) is 2.94. The first kappa shape index (κ1) is 11.5. The quantitative estimate of drug-likeness (QED) is 0.735. The van der Waals surface area contributed by atoms with E-state index in [0.29, 0.717) is 0 Å². The molecule has 0 saturated heterocycles. The molecule has 0 aliphatic carbocycles. The summed E-state index contributed by atoms with van der Waals surface area (Å²) in [5.74, 6) is 0. The van der Waals surface area contributed by atoms with Gasteiger partial charge in [0, 0.05) is 23.3 Å². The van der Waals surface area contributed by atoms with Crippen molar-refractivity contribution in [3.05, 3.63) is 47.5 Å². The van der Waals surface area contributed by atoms with E-state index in [4.69, 9.17) is 11.6 Å². The van der Waals surface area contributed by atoms with E-state index in [1.165, 1.54) is 4.70 Å². The van der Waals surface area contributed by atoms with Gasteiger partial charge in [0.15, 0.2) is 0 Å². The van der Waals surface area contributed by atoms with Crippen molar-refractivity contribution >= 4 is 38.8 Å². The van der Waals surface area contributed by atoms with Crippen molar-refractivity contribution < 1.29 is 0 Å². The Balaban J connectivity index is 2.22. The highest BCUT2D eigenvalue weighted by Crippen LogP contribution is 2.35. The van der Waals surface area contributed by atoms with E-state index in [1.54, 1.807) is 11.3 Å². The summed E-state index contributed by atoms with van der Waals surface area (Å²) in [7, 11) is 1.90. The molecule has 0 atom stereocenters. The van der Waals surface area contributed by atoms with Gasteiger partial charge in [0.05, 0.1) is 10.2 Å². The SMILES string of the molecule is CNc1ccc(Cl)cc1-c1nc2ccccc2s1. The van der Waals surface area contributed by atoms with Gasteiger partial charge < -0.3 is 5.32 Å². The Bertz CT molecular complexity index is 673. The van der Waals surface area contributed by atoms with Crippen LogP contribution >= 0.6 is 22.9 Å². The molecule has 0 unspecified atom stereocenters. The number of fused-ring (bicyclic) bond motifs is 1. The monoisotopic (exact) mass is 274 g/mol. The van der Waals surface area contributed by atoms with Gasteiger partial charge in [-0.3, -0.25) is 0 Å². The first-order valence-electron chi connectivity index (χ1n) is 5.61. The van der Waals surface area contributed by atoms with Gasteiger partial charge in [-0.15, -0.1) is 11.3 Å². The van der Waals surface area contributed by atoms with Crippen LogP contribution in [0, 0.1) is 0 Å². The van der Waals surface area contributed by atoms with Gasteiger partial charge in [0.1, 0.15) is 5.01 Å². The van der Waals surface area contributed by atoms with Crippen LogP contribution in [0.2, 0.25) is 5.02 Å². The smallest absolute Gasteiger partial charge is 0.126 e. The molecule has 0 fully saturated rings. The van der Waals surface area contributed by atoms with Gasteiger partial charge >= 0.3 is 0 Å². The molecule has 0 amide bonds. The Morgan fingerprint density at radius 2 is 2.00 bits per heavy atom. The lowest BCUT2D eigenvalue weighted by Crippen LogP contribution is -1.91. The number of anilines is 1. The van der Waals surface area contributed by atoms with Gasteiger partial charge in [0.2, 0.25) is 0 Å². The third-order valence-corrected chi connectivity index (χ3v) is 4.08. The topological polar surface area (TPSA) is 24.9 Å². The average Bonchev–Trinajstić information content (AvgIpc) is 2.82. The molecule has 1 aromatic heterocycles. The maximum absolute atomic E-state index is 6.07. The van der Waals surface area contributed by atoms with E-state index in [1.807, 2.05) is 43.4 Å². The summed E-state index contributed by atoms with van der Waals surface area (Å²) in [5.41, 5.74) is 3.11. The Labute approximate surface area is 114 Å². The molecule has 0 bridgehead atoms. The number of para-hydroxylation sites is 1. The maximum Gasteiger partial charge on any atom is 0.126 e.